The Morgan fingerprint density at radius 1 is 0.967 bits per heavy atom. The molecular weight excluding hydrogens is 419 g/mol. The van der Waals surface area contributed by atoms with Crippen LogP contribution in [0.2, 0.25) is 10.0 Å². The fourth-order valence-corrected chi connectivity index (χ4v) is 3.52. The van der Waals surface area contributed by atoms with E-state index in [4.69, 9.17) is 32.5 Å². The minimum absolute atomic E-state index is 0.415. The van der Waals surface area contributed by atoms with E-state index < -0.39 is 0 Å². The minimum Gasteiger partial charge on any atom is -0.489 e. The molecule has 0 aliphatic rings. The third kappa shape index (κ3) is 4.66. The summed E-state index contributed by atoms with van der Waals surface area (Å²) in [6.07, 6.45) is 0. The summed E-state index contributed by atoms with van der Waals surface area (Å²) in [7, 11) is 0. The quantitative estimate of drug-likeness (QED) is 0.314. The Labute approximate surface area is 185 Å². The van der Waals surface area contributed by atoms with Gasteiger partial charge in [-0.2, -0.15) is 4.98 Å². The fourth-order valence-electron chi connectivity index (χ4n) is 3.03. The molecule has 0 saturated carbocycles. The van der Waals surface area contributed by atoms with E-state index in [9.17, 15) is 0 Å². The lowest BCUT2D eigenvalue weighted by Crippen LogP contribution is -1.96. The van der Waals surface area contributed by atoms with Gasteiger partial charge in [-0.15, -0.1) is 0 Å². The Morgan fingerprint density at radius 3 is 2.50 bits per heavy atom. The number of rotatable bonds is 6. The van der Waals surface area contributed by atoms with Crippen LogP contribution in [0.25, 0.3) is 22.8 Å². The monoisotopic (exact) mass is 438 g/mol. The zero-order valence-corrected chi connectivity index (χ0v) is 18.1. The van der Waals surface area contributed by atoms with Crippen LogP contribution in [0.1, 0.15) is 30.9 Å². The van der Waals surface area contributed by atoms with Gasteiger partial charge in [0, 0.05) is 16.1 Å². The average Bonchev–Trinajstić information content (AvgIpc) is 3.23. The zero-order chi connectivity index (χ0) is 21.1. The van der Waals surface area contributed by atoms with Crippen molar-refractivity contribution in [3.05, 3.63) is 87.9 Å². The SMILES string of the molecule is CC(C)c1ccc(OCc2cccc(-c3nc(-c4ccc(Cl)cc4Cl)no3)c2)cc1. The Balaban J connectivity index is 1.49. The minimum atomic E-state index is 0.415. The molecule has 0 fully saturated rings. The predicted octanol–water partition coefficient (Wildman–Crippen LogP) is 7.41. The van der Waals surface area contributed by atoms with Crippen molar-refractivity contribution >= 4 is 23.2 Å². The maximum Gasteiger partial charge on any atom is 0.258 e. The lowest BCUT2D eigenvalue weighted by Gasteiger charge is -2.09. The van der Waals surface area contributed by atoms with Gasteiger partial charge in [-0.05, 0) is 59.5 Å². The molecule has 4 aromatic rings. The number of hydrogen-bond acceptors (Lipinski definition) is 4. The molecule has 0 bridgehead atoms. The molecule has 0 saturated heterocycles. The first-order chi connectivity index (χ1) is 14.5. The van der Waals surface area contributed by atoms with Crippen molar-refractivity contribution in [1.29, 1.82) is 0 Å². The van der Waals surface area contributed by atoms with Crippen LogP contribution in [0.4, 0.5) is 0 Å². The van der Waals surface area contributed by atoms with Gasteiger partial charge >= 0.3 is 0 Å². The summed E-state index contributed by atoms with van der Waals surface area (Å²) in [4.78, 5) is 4.48. The molecule has 0 N–H and O–H groups in total. The Bertz CT molecular complexity index is 1150. The van der Waals surface area contributed by atoms with Crippen molar-refractivity contribution < 1.29 is 9.26 Å². The van der Waals surface area contributed by atoms with Crippen LogP contribution in [0.3, 0.4) is 0 Å². The molecular formula is C24H20Cl2N2O2. The van der Waals surface area contributed by atoms with Crippen molar-refractivity contribution in [2.45, 2.75) is 26.4 Å². The van der Waals surface area contributed by atoms with Crippen molar-refractivity contribution in [3.8, 4) is 28.6 Å². The fraction of sp³-hybridized carbons (Fsp3) is 0.167. The van der Waals surface area contributed by atoms with Crippen molar-refractivity contribution in [2.75, 3.05) is 0 Å². The van der Waals surface area contributed by atoms with Crippen LogP contribution in [-0.2, 0) is 6.61 Å². The first-order valence-electron chi connectivity index (χ1n) is 9.61. The smallest absolute Gasteiger partial charge is 0.258 e. The lowest BCUT2D eigenvalue weighted by atomic mass is 10.0. The maximum absolute atomic E-state index is 6.25. The Morgan fingerprint density at radius 2 is 1.77 bits per heavy atom. The highest BCUT2D eigenvalue weighted by atomic mass is 35.5. The number of halogens is 2. The zero-order valence-electron chi connectivity index (χ0n) is 16.6. The highest BCUT2D eigenvalue weighted by Gasteiger charge is 2.14. The summed E-state index contributed by atoms with van der Waals surface area (Å²) in [5.41, 5.74) is 3.78. The van der Waals surface area contributed by atoms with Crippen LogP contribution >= 0.6 is 23.2 Å². The highest BCUT2D eigenvalue weighted by molar-refractivity contribution is 6.36. The molecule has 4 rings (SSSR count). The summed E-state index contributed by atoms with van der Waals surface area (Å²) in [6.45, 7) is 4.79. The van der Waals surface area contributed by atoms with Gasteiger partial charge in [0.1, 0.15) is 12.4 Å². The summed E-state index contributed by atoms with van der Waals surface area (Å²) in [6, 6.07) is 21.2. The van der Waals surface area contributed by atoms with Crippen molar-refractivity contribution in [1.82, 2.24) is 10.1 Å². The summed E-state index contributed by atoms with van der Waals surface area (Å²) in [5, 5.41) is 5.08. The molecule has 30 heavy (non-hydrogen) atoms. The molecule has 152 valence electrons. The second-order valence-electron chi connectivity index (χ2n) is 7.26. The van der Waals surface area contributed by atoms with Crippen LogP contribution in [-0.4, -0.2) is 10.1 Å². The van der Waals surface area contributed by atoms with Gasteiger partial charge in [0.2, 0.25) is 5.82 Å². The van der Waals surface area contributed by atoms with Crippen LogP contribution in [0.5, 0.6) is 5.75 Å². The molecule has 6 heteroatoms. The van der Waals surface area contributed by atoms with E-state index in [-0.39, 0.29) is 0 Å². The van der Waals surface area contributed by atoms with Gasteiger partial charge in [0.25, 0.3) is 5.89 Å². The van der Waals surface area contributed by atoms with Crippen LogP contribution in [0.15, 0.2) is 71.3 Å². The maximum atomic E-state index is 6.25. The van der Waals surface area contributed by atoms with Gasteiger partial charge in [-0.25, -0.2) is 0 Å². The number of ether oxygens (including phenoxy) is 1. The molecule has 3 aromatic carbocycles. The number of benzene rings is 3. The van der Waals surface area contributed by atoms with Crippen molar-refractivity contribution in [3.63, 3.8) is 0 Å². The van der Waals surface area contributed by atoms with E-state index >= 15 is 0 Å². The van der Waals surface area contributed by atoms with E-state index in [2.05, 4.69) is 36.1 Å². The van der Waals surface area contributed by atoms with Crippen LogP contribution < -0.4 is 4.74 Å². The number of hydrogen-bond donors (Lipinski definition) is 0. The second kappa shape index (κ2) is 8.90. The van der Waals surface area contributed by atoms with E-state index in [0.717, 1.165) is 16.9 Å². The first kappa shape index (κ1) is 20.5. The number of nitrogens with zero attached hydrogens (tertiary/aromatic N) is 2. The third-order valence-corrected chi connectivity index (χ3v) is 5.27. The van der Waals surface area contributed by atoms with Gasteiger partial charge in [-0.1, -0.05) is 66.5 Å². The Kier molecular flexibility index (Phi) is 6.07. The predicted molar refractivity (Wildman–Crippen MR) is 120 cm³/mol. The summed E-state index contributed by atoms with van der Waals surface area (Å²) >= 11 is 12.2. The molecule has 1 heterocycles. The molecule has 0 aliphatic carbocycles. The van der Waals surface area contributed by atoms with Crippen molar-refractivity contribution in [2.24, 2.45) is 0 Å². The molecule has 0 unspecified atom stereocenters. The molecule has 1 aromatic heterocycles. The summed E-state index contributed by atoms with van der Waals surface area (Å²) in [5.74, 6) is 2.16. The normalized spacial score (nSPS) is 11.1. The third-order valence-electron chi connectivity index (χ3n) is 4.72. The van der Waals surface area contributed by atoms with E-state index in [1.807, 2.05) is 36.4 Å². The van der Waals surface area contributed by atoms with Crippen LogP contribution in [0, 0.1) is 0 Å². The molecule has 0 amide bonds. The first-order valence-corrected chi connectivity index (χ1v) is 10.4. The largest absolute Gasteiger partial charge is 0.489 e. The van der Waals surface area contributed by atoms with Gasteiger partial charge in [0.05, 0.1) is 5.02 Å². The van der Waals surface area contributed by atoms with E-state index in [0.29, 0.717) is 39.8 Å². The van der Waals surface area contributed by atoms with Gasteiger partial charge < -0.3 is 9.26 Å². The molecule has 0 aliphatic heterocycles. The summed E-state index contributed by atoms with van der Waals surface area (Å²) < 4.78 is 11.4. The van der Waals surface area contributed by atoms with Gasteiger partial charge in [-0.3, -0.25) is 0 Å². The highest BCUT2D eigenvalue weighted by Crippen LogP contribution is 2.30. The molecule has 0 spiro atoms. The molecule has 0 radical (unpaired) electrons. The lowest BCUT2D eigenvalue weighted by molar-refractivity contribution is 0.306. The van der Waals surface area contributed by atoms with Gasteiger partial charge in [0.15, 0.2) is 0 Å². The Hall–Kier alpha value is -2.82. The average molecular weight is 439 g/mol. The second-order valence-corrected chi connectivity index (χ2v) is 8.10. The van der Waals surface area contributed by atoms with E-state index in [1.165, 1.54) is 5.56 Å². The standard InChI is InChI=1S/C24H20Cl2N2O2/c1-15(2)17-6-9-20(10-7-17)29-14-16-4-3-5-18(12-16)24-27-23(28-30-24)21-11-8-19(25)13-22(21)26/h3-13,15H,14H2,1-2H3. The topological polar surface area (TPSA) is 48.2 Å². The van der Waals surface area contributed by atoms with E-state index in [1.54, 1.807) is 18.2 Å². The molecule has 0 atom stereocenters. The molecule has 4 nitrogen and oxygen atoms in total. The number of aromatic nitrogens is 2.